The summed E-state index contributed by atoms with van der Waals surface area (Å²) < 4.78 is 36.9. The Morgan fingerprint density at radius 3 is 2.41 bits per heavy atom. The van der Waals surface area contributed by atoms with Gasteiger partial charge in [0.05, 0.1) is 6.54 Å². The minimum Gasteiger partial charge on any atom is -0.315 e. The average Bonchev–Trinajstić information content (AvgIpc) is 3.03. The van der Waals surface area contributed by atoms with E-state index in [1.54, 1.807) is 4.90 Å². The van der Waals surface area contributed by atoms with Gasteiger partial charge in [-0.25, -0.2) is 0 Å². The van der Waals surface area contributed by atoms with Crippen LogP contribution in [0.25, 0.3) is 0 Å². The molecule has 1 fully saturated rings. The zero-order chi connectivity index (χ0) is 12.7. The summed E-state index contributed by atoms with van der Waals surface area (Å²) in [4.78, 5) is 1.56. The van der Waals surface area contributed by atoms with Crippen LogP contribution in [0.15, 0.2) is 0 Å². The molecular weight excluding hydrogens is 229 g/mol. The fourth-order valence-corrected chi connectivity index (χ4v) is 1.91. The fourth-order valence-electron chi connectivity index (χ4n) is 1.91. The zero-order valence-electron chi connectivity index (χ0n) is 10.5. The largest absolute Gasteiger partial charge is 0.401 e. The zero-order valence-corrected chi connectivity index (χ0v) is 10.5. The number of rotatable bonds is 9. The van der Waals surface area contributed by atoms with Crippen molar-refractivity contribution < 1.29 is 13.2 Å². The Balaban J connectivity index is 2.08. The first-order valence-corrected chi connectivity index (χ1v) is 6.54. The van der Waals surface area contributed by atoms with Crippen molar-refractivity contribution in [2.24, 2.45) is 0 Å². The number of unbranched alkanes of at least 4 members (excludes halogenated alkanes) is 2. The number of alkyl halides is 3. The van der Waals surface area contributed by atoms with Crippen LogP contribution in [-0.4, -0.2) is 43.3 Å². The van der Waals surface area contributed by atoms with Gasteiger partial charge >= 0.3 is 6.18 Å². The van der Waals surface area contributed by atoms with Crippen LogP contribution in [-0.2, 0) is 0 Å². The third-order valence-electron chi connectivity index (χ3n) is 2.98. The maximum absolute atomic E-state index is 12.3. The maximum Gasteiger partial charge on any atom is 0.401 e. The van der Waals surface area contributed by atoms with E-state index in [4.69, 9.17) is 0 Å². The van der Waals surface area contributed by atoms with Crippen LogP contribution < -0.4 is 5.32 Å². The summed E-state index contributed by atoms with van der Waals surface area (Å²) >= 11 is 0. The minimum atomic E-state index is -4.06. The lowest BCUT2D eigenvalue weighted by Gasteiger charge is -2.23. The van der Waals surface area contributed by atoms with E-state index in [-0.39, 0.29) is 6.04 Å². The lowest BCUT2D eigenvalue weighted by Crippen LogP contribution is -2.40. The molecule has 1 aliphatic carbocycles. The number of hydrogen-bond donors (Lipinski definition) is 1. The van der Waals surface area contributed by atoms with Gasteiger partial charge in [-0.05, 0) is 25.8 Å². The summed E-state index contributed by atoms with van der Waals surface area (Å²) in [6, 6.07) is 0.175. The first-order valence-electron chi connectivity index (χ1n) is 6.54. The Bertz CT molecular complexity index is 202. The molecule has 17 heavy (non-hydrogen) atoms. The molecule has 0 unspecified atom stereocenters. The van der Waals surface area contributed by atoms with Crippen LogP contribution in [0.5, 0.6) is 0 Å². The quantitative estimate of drug-likeness (QED) is 0.635. The van der Waals surface area contributed by atoms with Crippen molar-refractivity contribution in [2.75, 3.05) is 26.2 Å². The van der Waals surface area contributed by atoms with E-state index >= 15 is 0 Å². The van der Waals surface area contributed by atoms with E-state index < -0.39 is 12.7 Å². The number of halogens is 3. The number of hydrogen-bond acceptors (Lipinski definition) is 2. The molecule has 0 aliphatic heterocycles. The Hall–Kier alpha value is -0.290. The summed E-state index contributed by atoms with van der Waals surface area (Å²) in [5.74, 6) is 0. The standard InChI is InChI=1S/C12H23F3N2/c1-2-3-4-7-16-8-9-17(11-5-6-11)10-12(13,14)15/h11,16H,2-10H2,1H3. The summed E-state index contributed by atoms with van der Waals surface area (Å²) in [6.07, 6.45) is 1.24. The molecule has 0 radical (unpaired) electrons. The van der Waals surface area contributed by atoms with E-state index in [0.717, 1.165) is 25.8 Å². The molecule has 1 N–H and O–H groups in total. The smallest absolute Gasteiger partial charge is 0.315 e. The normalized spacial score (nSPS) is 16.8. The molecular formula is C12H23F3N2. The van der Waals surface area contributed by atoms with Crippen molar-refractivity contribution >= 4 is 0 Å². The lowest BCUT2D eigenvalue weighted by atomic mass is 10.2. The van der Waals surface area contributed by atoms with Gasteiger partial charge in [0.1, 0.15) is 0 Å². The third kappa shape index (κ3) is 7.60. The van der Waals surface area contributed by atoms with Crippen LogP contribution in [0.2, 0.25) is 0 Å². The molecule has 0 aromatic rings. The molecule has 1 aliphatic rings. The van der Waals surface area contributed by atoms with Gasteiger partial charge in [0.15, 0.2) is 0 Å². The Kier molecular flexibility index (Phi) is 6.27. The van der Waals surface area contributed by atoms with Gasteiger partial charge in [-0.1, -0.05) is 19.8 Å². The highest BCUT2D eigenvalue weighted by molar-refractivity contribution is 4.85. The van der Waals surface area contributed by atoms with Crippen molar-refractivity contribution in [2.45, 2.75) is 51.2 Å². The molecule has 102 valence electrons. The van der Waals surface area contributed by atoms with E-state index in [2.05, 4.69) is 12.2 Å². The highest BCUT2D eigenvalue weighted by Crippen LogP contribution is 2.29. The fraction of sp³-hybridized carbons (Fsp3) is 1.00. The number of nitrogens with zero attached hydrogens (tertiary/aromatic N) is 1. The highest BCUT2D eigenvalue weighted by Gasteiger charge is 2.37. The van der Waals surface area contributed by atoms with Gasteiger partial charge in [0.25, 0.3) is 0 Å². The first kappa shape index (κ1) is 14.8. The van der Waals surface area contributed by atoms with Gasteiger partial charge in [0.2, 0.25) is 0 Å². The molecule has 1 rings (SSSR count). The number of nitrogens with one attached hydrogen (secondary N) is 1. The molecule has 0 atom stereocenters. The molecule has 0 spiro atoms. The van der Waals surface area contributed by atoms with Gasteiger partial charge in [-0.3, -0.25) is 4.90 Å². The average molecular weight is 252 g/mol. The van der Waals surface area contributed by atoms with E-state index in [1.165, 1.54) is 12.8 Å². The summed E-state index contributed by atoms with van der Waals surface area (Å²) in [6.45, 7) is 3.47. The molecule has 0 aromatic heterocycles. The lowest BCUT2D eigenvalue weighted by molar-refractivity contribution is -0.147. The summed E-state index contributed by atoms with van der Waals surface area (Å²) in [5.41, 5.74) is 0. The van der Waals surface area contributed by atoms with Crippen LogP contribution in [0.4, 0.5) is 13.2 Å². The molecule has 0 heterocycles. The van der Waals surface area contributed by atoms with Crippen LogP contribution in [0.3, 0.4) is 0 Å². The highest BCUT2D eigenvalue weighted by atomic mass is 19.4. The second kappa shape index (κ2) is 7.21. The van der Waals surface area contributed by atoms with Gasteiger partial charge in [-0.15, -0.1) is 0 Å². The summed E-state index contributed by atoms with van der Waals surface area (Å²) in [5, 5.41) is 3.21. The van der Waals surface area contributed by atoms with E-state index in [1.807, 2.05) is 0 Å². The first-order chi connectivity index (χ1) is 8.03. The predicted molar refractivity (Wildman–Crippen MR) is 63.0 cm³/mol. The maximum atomic E-state index is 12.3. The minimum absolute atomic E-state index is 0.175. The van der Waals surface area contributed by atoms with Gasteiger partial charge < -0.3 is 5.32 Å². The molecule has 0 saturated heterocycles. The van der Waals surface area contributed by atoms with Crippen LogP contribution in [0, 0.1) is 0 Å². The molecule has 5 heteroatoms. The summed E-state index contributed by atoms with van der Waals surface area (Å²) in [7, 11) is 0. The van der Waals surface area contributed by atoms with Crippen molar-refractivity contribution in [1.29, 1.82) is 0 Å². The predicted octanol–water partition coefficient (Wildman–Crippen LogP) is 2.79. The van der Waals surface area contributed by atoms with E-state index in [9.17, 15) is 13.2 Å². The van der Waals surface area contributed by atoms with Crippen molar-refractivity contribution in [3.05, 3.63) is 0 Å². The second-order valence-electron chi connectivity index (χ2n) is 4.77. The third-order valence-corrected chi connectivity index (χ3v) is 2.98. The van der Waals surface area contributed by atoms with Gasteiger partial charge in [0, 0.05) is 19.1 Å². The van der Waals surface area contributed by atoms with Crippen LogP contribution >= 0.6 is 0 Å². The Morgan fingerprint density at radius 1 is 1.18 bits per heavy atom. The Morgan fingerprint density at radius 2 is 1.88 bits per heavy atom. The van der Waals surface area contributed by atoms with Gasteiger partial charge in [-0.2, -0.15) is 13.2 Å². The van der Waals surface area contributed by atoms with Crippen molar-refractivity contribution in [3.8, 4) is 0 Å². The molecule has 1 saturated carbocycles. The molecule has 0 amide bonds. The Labute approximate surface area is 102 Å². The van der Waals surface area contributed by atoms with Crippen molar-refractivity contribution in [1.82, 2.24) is 10.2 Å². The SMILES string of the molecule is CCCCCNCCN(CC(F)(F)F)C1CC1. The monoisotopic (exact) mass is 252 g/mol. The topological polar surface area (TPSA) is 15.3 Å². The van der Waals surface area contributed by atoms with Crippen molar-refractivity contribution in [3.63, 3.8) is 0 Å². The second-order valence-corrected chi connectivity index (χ2v) is 4.77. The molecule has 2 nitrogen and oxygen atoms in total. The molecule has 0 bridgehead atoms. The van der Waals surface area contributed by atoms with Crippen LogP contribution in [0.1, 0.15) is 39.0 Å². The van der Waals surface area contributed by atoms with E-state index in [0.29, 0.717) is 13.1 Å². The molecule has 0 aromatic carbocycles.